The molecule has 3 rings (SSSR count). The van der Waals surface area contributed by atoms with E-state index in [-0.39, 0.29) is 35.5 Å². The molecule has 2 fully saturated rings. The van der Waals surface area contributed by atoms with E-state index in [4.69, 9.17) is 4.99 Å². The lowest BCUT2D eigenvalue weighted by molar-refractivity contribution is -0.137. The number of guanidine groups is 1. The molecule has 0 aromatic heterocycles. The van der Waals surface area contributed by atoms with Crippen LogP contribution in [0.4, 0.5) is 13.2 Å². The molecule has 0 unspecified atom stereocenters. The van der Waals surface area contributed by atoms with Gasteiger partial charge < -0.3 is 20.6 Å². The number of aliphatic imine (C=N–C) groups is 1. The van der Waals surface area contributed by atoms with Crippen molar-refractivity contribution in [2.75, 3.05) is 39.3 Å². The normalized spacial score (nSPS) is 19.7. The number of hydrogen-bond donors (Lipinski definition) is 3. The summed E-state index contributed by atoms with van der Waals surface area (Å²) in [6.45, 7) is 6.85. The van der Waals surface area contributed by atoms with Gasteiger partial charge in [0.2, 0.25) is 0 Å². The van der Waals surface area contributed by atoms with E-state index in [2.05, 4.69) is 15.5 Å². The van der Waals surface area contributed by atoms with Gasteiger partial charge in [-0.15, -0.1) is 24.0 Å². The van der Waals surface area contributed by atoms with Gasteiger partial charge in [-0.3, -0.25) is 4.99 Å². The van der Waals surface area contributed by atoms with Crippen LogP contribution in [0.5, 0.6) is 0 Å². The number of rotatable bonds is 8. The van der Waals surface area contributed by atoms with Crippen LogP contribution >= 0.6 is 24.0 Å². The number of nitrogens with one attached hydrogen (secondary N) is 2. The fourth-order valence-electron chi connectivity index (χ4n) is 4.39. The predicted octanol–water partition coefficient (Wildman–Crippen LogP) is 4.15. The Labute approximate surface area is 206 Å². The molecule has 9 heteroatoms. The summed E-state index contributed by atoms with van der Waals surface area (Å²) < 4.78 is 39.5. The van der Waals surface area contributed by atoms with Gasteiger partial charge in [0, 0.05) is 31.6 Å². The highest BCUT2D eigenvalue weighted by Gasteiger charge is 2.40. The fourth-order valence-corrected chi connectivity index (χ4v) is 4.39. The van der Waals surface area contributed by atoms with E-state index in [0.29, 0.717) is 6.54 Å². The minimum atomic E-state index is -4.33. The van der Waals surface area contributed by atoms with Gasteiger partial charge in [-0.05, 0) is 57.2 Å². The maximum atomic E-state index is 13.2. The van der Waals surface area contributed by atoms with E-state index in [1.165, 1.54) is 12.1 Å². The van der Waals surface area contributed by atoms with Gasteiger partial charge in [0.05, 0.1) is 18.2 Å². The molecule has 32 heavy (non-hydrogen) atoms. The molecule has 5 nitrogen and oxygen atoms in total. The van der Waals surface area contributed by atoms with Crippen molar-refractivity contribution < 1.29 is 18.3 Å². The average Bonchev–Trinajstić information content (AvgIpc) is 2.71. The van der Waals surface area contributed by atoms with Gasteiger partial charge in [-0.2, -0.15) is 13.2 Å². The summed E-state index contributed by atoms with van der Waals surface area (Å²) >= 11 is 0. The third-order valence-electron chi connectivity index (χ3n) is 6.50. The number of nitrogens with zero attached hydrogens (tertiary/aromatic N) is 2. The number of hydrogen-bond acceptors (Lipinski definition) is 3. The minimum absolute atomic E-state index is 0. The second-order valence-corrected chi connectivity index (χ2v) is 8.76. The Hall–Kier alpha value is -1.07. The molecule has 1 aliphatic carbocycles. The van der Waals surface area contributed by atoms with Gasteiger partial charge >= 0.3 is 6.18 Å². The van der Waals surface area contributed by atoms with Crippen LogP contribution in [0.25, 0.3) is 0 Å². The first-order valence-electron chi connectivity index (χ1n) is 11.4. The van der Waals surface area contributed by atoms with Crippen LogP contribution in [0, 0.1) is 0 Å². The van der Waals surface area contributed by atoms with Crippen molar-refractivity contribution in [3.63, 3.8) is 0 Å². The molecule has 1 saturated heterocycles. The monoisotopic (exact) mass is 568 g/mol. The van der Waals surface area contributed by atoms with E-state index in [1.807, 2.05) is 6.92 Å². The smallest absolute Gasteiger partial charge is 0.393 e. The van der Waals surface area contributed by atoms with Crippen molar-refractivity contribution in [3.05, 3.63) is 35.4 Å². The molecule has 1 heterocycles. The van der Waals surface area contributed by atoms with Crippen LogP contribution in [-0.4, -0.2) is 61.3 Å². The number of alkyl halides is 3. The molecule has 0 spiro atoms. The van der Waals surface area contributed by atoms with Gasteiger partial charge in [-0.1, -0.05) is 24.6 Å². The van der Waals surface area contributed by atoms with Gasteiger partial charge in [-0.25, -0.2) is 0 Å². The molecule has 0 radical (unpaired) electrons. The van der Waals surface area contributed by atoms with Crippen molar-refractivity contribution in [3.8, 4) is 0 Å². The quantitative estimate of drug-likeness (QED) is 0.191. The predicted molar refractivity (Wildman–Crippen MR) is 133 cm³/mol. The van der Waals surface area contributed by atoms with Gasteiger partial charge in [0.15, 0.2) is 5.96 Å². The van der Waals surface area contributed by atoms with Gasteiger partial charge in [0.1, 0.15) is 0 Å². The molecular formula is C23H36F3IN4O. The zero-order chi connectivity index (χ0) is 22.3. The number of halogens is 4. The summed E-state index contributed by atoms with van der Waals surface area (Å²) in [7, 11) is 0. The van der Waals surface area contributed by atoms with Crippen molar-refractivity contribution >= 4 is 29.9 Å². The molecular weight excluding hydrogens is 532 g/mol. The Morgan fingerprint density at radius 2 is 1.94 bits per heavy atom. The highest BCUT2D eigenvalue weighted by atomic mass is 127. The lowest BCUT2D eigenvalue weighted by Gasteiger charge is -2.41. The summed E-state index contributed by atoms with van der Waals surface area (Å²) in [6.07, 6.45) is 0.907. The van der Waals surface area contributed by atoms with Crippen LogP contribution in [0.1, 0.15) is 56.6 Å². The molecule has 0 atom stereocenters. The number of aliphatic hydroxyl groups is 1. The van der Waals surface area contributed by atoms with Crippen molar-refractivity contribution in [2.45, 2.75) is 63.1 Å². The lowest BCUT2D eigenvalue weighted by Crippen LogP contribution is -2.43. The summed E-state index contributed by atoms with van der Waals surface area (Å²) in [4.78, 5) is 7.11. The van der Waals surface area contributed by atoms with E-state index in [0.717, 1.165) is 88.8 Å². The second kappa shape index (κ2) is 12.4. The highest BCUT2D eigenvalue weighted by molar-refractivity contribution is 14.0. The summed E-state index contributed by atoms with van der Waals surface area (Å²) in [6, 6.07) is 5.74. The van der Waals surface area contributed by atoms with Crippen LogP contribution in [0.3, 0.4) is 0 Å². The zero-order valence-electron chi connectivity index (χ0n) is 18.8. The van der Waals surface area contributed by atoms with E-state index in [1.54, 1.807) is 6.07 Å². The highest BCUT2D eigenvalue weighted by Crippen LogP contribution is 2.45. The molecule has 182 valence electrons. The number of benzene rings is 1. The molecule has 2 aliphatic rings. The molecule has 1 aromatic rings. The Balaban J connectivity index is 0.00000363. The average molecular weight is 568 g/mol. The maximum absolute atomic E-state index is 13.2. The van der Waals surface area contributed by atoms with Crippen molar-refractivity contribution in [1.29, 1.82) is 0 Å². The molecule has 1 aliphatic heterocycles. The molecule has 0 bridgehead atoms. The van der Waals surface area contributed by atoms with Crippen LogP contribution < -0.4 is 10.6 Å². The first-order valence-corrected chi connectivity index (χ1v) is 11.4. The Morgan fingerprint density at radius 1 is 1.22 bits per heavy atom. The topological polar surface area (TPSA) is 59.9 Å². The molecule has 3 N–H and O–H groups in total. The first-order chi connectivity index (χ1) is 14.8. The van der Waals surface area contributed by atoms with Crippen LogP contribution in [0.15, 0.2) is 29.3 Å². The third kappa shape index (κ3) is 7.48. The molecule has 0 amide bonds. The van der Waals surface area contributed by atoms with Crippen LogP contribution in [0.2, 0.25) is 0 Å². The van der Waals surface area contributed by atoms with Crippen molar-refractivity contribution in [1.82, 2.24) is 15.5 Å². The standard InChI is InChI=1S/C23H35F3N4O.HI/c1-2-27-21(28-12-5-13-30-14-8-20(31)9-15-30)29-17-22(10-4-11-22)18-6-3-7-19(16-18)23(24,25)26;/h3,6-7,16,20,31H,2,4-5,8-15,17H2,1H3,(H2,27,28,29);1H. The number of aliphatic hydroxyl groups excluding tert-OH is 1. The Morgan fingerprint density at radius 3 is 2.53 bits per heavy atom. The number of piperidine rings is 1. The largest absolute Gasteiger partial charge is 0.416 e. The zero-order valence-corrected chi connectivity index (χ0v) is 21.1. The fraction of sp³-hybridized carbons (Fsp3) is 0.696. The Bertz CT molecular complexity index is 732. The van der Waals surface area contributed by atoms with E-state index < -0.39 is 11.7 Å². The van der Waals surface area contributed by atoms with E-state index >= 15 is 0 Å². The van der Waals surface area contributed by atoms with Crippen molar-refractivity contribution in [2.24, 2.45) is 4.99 Å². The maximum Gasteiger partial charge on any atom is 0.416 e. The summed E-state index contributed by atoms with van der Waals surface area (Å²) in [5, 5.41) is 16.2. The van der Waals surface area contributed by atoms with Crippen LogP contribution in [-0.2, 0) is 11.6 Å². The minimum Gasteiger partial charge on any atom is -0.393 e. The molecule has 1 saturated carbocycles. The first kappa shape index (κ1) is 27.2. The van der Waals surface area contributed by atoms with Gasteiger partial charge in [0.25, 0.3) is 0 Å². The second-order valence-electron chi connectivity index (χ2n) is 8.76. The summed E-state index contributed by atoms with van der Waals surface area (Å²) in [5.74, 6) is 0.717. The number of likely N-dealkylation sites (tertiary alicyclic amines) is 1. The van der Waals surface area contributed by atoms with E-state index in [9.17, 15) is 18.3 Å². The SMILES string of the molecule is CCNC(=NCC1(c2cccc(C(F)(F)F)c2)CCC1)NCCCN1CCC(O)CC1.I. The Kier molecular flexibility index (Phi) is 10.5. The lowest BCUT2D eigenvalue weighted by atomic mass is 9.64. The molecule has 1 aromatic carbocycles. The third-order valence-corrected chi connectivity index (χ3v) is 6.50. The summed E-state index contributed by atoms with van der Waals surface area (Å²) in [5.41, 5.74) is -0.158.